The fraction of sp³-hybridized carbons (Fsp3) is 0.238. The first-order chi connectivity index (χ1) is 11.7. The molecule has 0 fully saturated rings. The van der Waals surface area contributed by atoms with Crippen molar-refractivity contribution in [2.45, 2.75) is 33.2 Å². The van der Waals surface area contributed by atoms with Gasteiger partial charge in [-0.2, -0.15) is 5.26 Å². The normalized spacial score (nSPS) is 10.9. The van der Waals surface area contributed by atoms with Gasteiger partial charge in [0.05, 0.1) is 17.0 Å². The number of aryl methyl sites for hydroxylation is 3. The molecule has 0 aliphatic heterocycles. The molecule has 0 atom stereocenters. The van der Waals surface area contributed by atoms with E-state index in [2.05, 4.69) is 72.2 Å². The van der Waals surface area contributed by atoms with Gasteiger partial charge >= 0.3 is 0 Å². The molecule has 0 saturated heterocycles. The van der Waals surface area contributed by atoms with Crippen LogP contribution < -0.4 is 17.0 Å². The maximum atomic E-state index is 8.72. The lowest BCUT2D eigenvalue weighted by molar-refractivity contribution is -0.695. The van der Waals surface area contributed by atoms with E-state index in [1.807, 2.05) is 0 Å². The zero-order valence-electron chi connectivity index (χ0n) is 14.4. The molecule has 0 aliphatic rings. The SMILES string of the molecule is Cc1c2c[n+](CCCC#N)ccc2c(C)c2c1[nH]c1ccccc12.[Cl-]. The van der Waals surface area contributed by atoms with Crippen molar-refractivity contribution in [3.05, 3.63) is 53.9 Å². The first kappa shape index (κ1) is 17.3. The van der Waals surface area contributed by atoms with E-state index in [0.29, 0.717) is 6.42 Å². The van der Waals surface area contributed by atoms with Crippen molar-refractivity contribution in [3.8, 4) is 6.07 Å². The fourth-order valence-electron chi connectivity index (χ4n) is 3.73. The van der Waals surface area contributed by atoms with Crippen LogP contribution in [-0.2, 0) is 6.54 Å². The number of nitrogens with zero attached hydrogens (tertiary/aromatic N) is 2. The van der Waals surface area contributed by atoms with Gasteiger partial charge in [0.15, 0.2) is 12.4 Å². The van der Waals surface area contributed by atoms with E-state index in [1.54, 1.807) is 0 Å². The average molecular weight is 350 g/mol. The number of unbranched alkanes of at least 4 members (excludes halogenated alkanes) is 1. The van der Waals surface area contributed by atoms with Crippen molar-refractivity contribution >= 4 is 32.6 Å². The lowest BCUT2D eigenvalue weighted by Crippen LogP contribution is -3.00. The second-order valence-corrected chi connectivity index (χ2v) is 6.44. The van der Waals surface area contributed by atoms with Gasteiger partial charge in [-0.3, -0.25) is 0 Å². The number of nitriles is 1. The lowest BCUT2D eigenvalue weighted by Gasteiger charge is -2.08. The van der Waals surface area contributed by atoms with E-state index in [4.69, 9.17) is 5.26 Å². The second-order valence-electron chi connectivity index (χ2n) is 6.44. The largest absolute Gasteiger partial charge is 1.00 e. The van der Waals surface area contributed by atoms with E-state index in [0.717, 1.165) is 13.0 Å². The molecule has 1 N–H and O–H groups in total. The Balaban J connectivity index is 0.00000182. The number of rotatable bonds is 3. The van der Waals surface area contributed by atoms with E-state index in [-0.39, 0.29) is 12.4 Å². The summed E-state index contributed by atoms with van der Waals surface area (Å²) in [7, 11) is 0. The lowest BCUT2D eigenvalue weighted by atomic mass is 9.97. The molecule has 3 nitrogen and oxygen atoms in total. The fourth-order valence-corrected chi connectivity index (χ4v) is 3.73. The molecule has 0 amide bonds. The highest BCUT2D eigenvalue weighted by Gasteiger charge is 2.16. The number of hydrogen-bond donors (Lipinski definition) is 1. The van der Waals surface area contributed by atoms with Gasteiger partial charge in [-0.05, 0) is 36.4 Å². The highest BCUT2D eigenvalue weighted by molar-refractivity contribution is 6.16. The number of fused-ring (bicyclic) bond motifs is 4. The first-order valence-corrected chi connectivity index (χ1v) is 8.40. The Labute approximate surface area is 153 Å². The van der Waals surface area contributed by atoms with Crippen LogP contribution in [0.15, 0.2) is 42.7 Å². The molecule has 2 aromatic heterocycles. The minimum atomic E-state index is 0. The number of aromatic nitrogens is 2. The Morgan fingerprint density at radius 1 is 1.04 bits per heavy atom. The van der Waals surface area contributed by atoms with Crippen LogP contribution >= 0.6 is 0 Å². The van der Waals surface area contributed by atoms with Gasteiger partial charge in [0.2, 0.25) is 0 Å². The molecule has 25 heavy (non-hydrogen) atoms. The minimum Gasteiger partial charge on any atom is -1.00 e. The number of halogens is 1. The Morgan fingerprint density at radius 2 is 1.84 bits per heavy atom. The van der Waals surface area contributed by atoms with Crippen molar-refractivity contribution < 1.29 is 17.0 Å². The summed E-state index contributed by atoms with van der Waals surface area (Å²) in [6.45, 7) is 5.29. The van der Waals surface area contributed by atoms with Gasteiger partial charge in [0.1, 0.15) is 6.54 Å². The summed E-state index contributed by atoms with van der Waals surface area (Å²) in [5.41, 5.74) is 5.04. The number of hydrogen-bond acceptors (Lipinski definition) is 1. The summed E-state index contributed by atoms with van der Waals surface area (Å²) in [4.78, 5) is 3.60. The highest BCUT2D eigenvalue weighted by Crippen LogP contribution is 2.35. The Morgan fingerprint density at radius 3 is 2.64 bits per heavy atom. The third-order valence-electron chi connectivity index (χ3n) is 4.99. The van der Waals surface area contributed by atoms with Gasteiger partial charge in [-0.25, -0.2) is 4.57 Å². The maximum absolute atomic E-state index is 8.72. The zero-order chi connectivity index (χ0) is 16.7. The molecule has 0 saturated carbocycles. The summed E-state index contributed by atoms with van der Waals surface area (Å²) in [5, 5.41) is 13.9. The third kappa shape index (κ3) is 2.73. The molecule has 0 spiro atoms. The van der Waals surface area contributed by atoms with Crippen molar-refractivity contribution in [2.75, 3.05) is 0 Å². The van der Waals surface area contributed by atoms with Crippen LogP contribution in [0.4, 0.5) is 0 Å². The number of aromatic amines is 1. The first-order valence-electron chi connectivity index (χ1n) is 8.40. The number of nitrogens with one attached hydrogen (secondary N) is 1. The van der Waals surface area contributed by atoms with Gasteiger partial charge in [-0.1, -0.05) is 18.2 Å². The van der Waals surface area contributed by atoms with Crippen molar-refractivity contribution in [1.29, 1.82) is 5.26 Å². The number of H-pyrrole nitrogens is 1. The Bertz CT molecular complexity index is 1120. The number of benzene rings is 2. The standard InChI is InChI=1S/C21H19N3.ClH/c1-14-16-9-12-24(11-6-5-10-22)13-18(16)15(2)21-20(14)17-7-3-4-8-19(17)23-21;/h3-4,7-9,12-13H,5-6,11H2,1-2H3;1H. The third-order valence-corrected chi connectivity index (χ3v) is 4.99. The maximum Gasteiger partial charge on any atom is 0.176 e. The number of para-hydroxylation sites is 1. The van der Waals surface area contributed by atoms with Crippen LogP contribution in [0.5, 0.6) is 0 Å². The quantitative estimate of drug-likeness (QED) is 0.444. The molecule has 2 aromatic carbocycles. The molecule has 126 valence electrons. The van der Waals surface area contributed by atoms with Gasteiger partial charge in [0, 0.05) is 35.2 Å². The zero-order valence-corrected chi connectivity index (χ0v) is 15.2. The van der Waals surface area contributed by atoms with Crippen molar-refractivity contribution in [1.82, 2.24) is 4.98 Å². The summed E-state index contributed by atoms with van der Waals surface area (Å²) in [6, 6.07) is 12.9. The Hall–Kier alpha value is -2.57. The van der Waals surface area contributed by atoms with Crippen molar-refractivity contribution in [2.24, 2.45) is 0 Å². The van der Waals surface area contributed by atoms with Crippen LogP contribution in [0.3, 0.4) is 0 Å². The predicted molar refractivity (Wildman–Crippen MR) is 97.8 cm³/mol. The summed E-state index contributed by atoms with van der Waals surface area (Å²) in [6.07, 6.45) is 5.84. The molecular weight excluding hydrogens is 330 g/mol. The van der Waals surface area contributed by atoms with E-state index >= 15 is 0 Å². The highest BCUT2D eigenvalue weighted by atomic mass is 35.5. The van der Waals surface area contributed by atoms with Gasteiger partial charge < -0.3 is 17.4 Å². The Kier molecular flexibility index (Phi) is 4.65. The van der Waals surface area contributed by atoms with E-state index in [1.165, 1.54) is 43.7 Å². The van der Waals surface area contributed by atoms with Gasteiger partial charge in [-0.15, -0.1) is 0 Å². The summed E-state index contributed by atoms with van der Waals surface area (Å²) < 4.78 is 2.20. The van der Waals surface area contributed by atoms with Crippen LogP contribution in [0.1, 0.15) is 24.0 Å². The van der Waals surface area contributed by atoms with Crippen LogP contribution in [0.2, 0.25) is 0 Å². The van der Waals surface area contributed by atoms with E-state index in [9.17, 15) is 0 Å². The summed E-state index contributed by atoms with van der Waals surface area (Å²) >= 11 is 0. The minimum absolute atomic E-state index is 0. The topological polar surface area (TPSA) is 43.5 Å². The molecule has 4 heteroatoms. The molecule has 4 aromatic rings. The van der Waals surface area contributed by atoms with Gasteiger partial charge in [0.25, 0.3) is 0 Å². The van der Waals surface area contributed by atoms with E-state index < -0.39 is 0 Å². The summed E-state index contributed by atoms with van der Waals surface area (Å²) in [5.74, 6) is 0. The van der Waals surface area contributed by atoms with Crippen LogP contribution in [0.25, 0.3) is 32.6 Å². The monoisotopic (exact) mass is 349 g/mol. The molecule has 0 unspecified atom stereocenters. The molecule has 4 rings (SSSR count). The molecule has 2 heterocycles. The average Bonchev–Trinajstić information content (AvgIpc) is 3.00. The predicted octanol–water partition coefficient (Wildman–Crippen LogP) is 1.69. The molecule has 0 aliphatic carbocycles. The molecule has 0 bridgehead atoms. The second kappa shape index (κ2) is 6.74. The van der Waals surface area contributed by atoms with Crippen molar-refractivity contribution in [3.63, 3.8) is 0 Å². The smallest absolute Gasteiger partial charge is 0.176 e. The van der Waals surface area contributed by atoms with Crippen LogP contribution in [-0.4, -0.2) is 4.98 Å². The molecular formula is C21H20ClN3. The number of pyridine rings is 1. The molecule has 0 radical (unpaired) electrons. The van der Waals surface area contributed by atoms with Crippen LogP contribution in [0, 0.1) is 25.2 Å².